The second-order valence-electron chi connectivity index (χ2n) is 6.72. The lowest BCUT2D eigenvalue weighted by molar-refractivity contribution is 0.217. The number of halogens is 1. The molecule has 0 fully saturated rings. The molecule has 0 saturated heterocycles. The average Bonchev–Trinajstić information content (AvgIpc) is 2.84. The van der Waals surface area contributed by atoms with Crippen molar-refractivity contribution in [3.8, 4) is 28.4 Å². The van der Waals surface area contributed by atoms with Crippen LogP contribution >= 0.6 is 11.6 Å². The van der Waals surface area contributed by atoms with Crippen LogP contribution in [0.3, 0.4) is 0 Å². The maximum absolute atomic E-state index is 10.5. The lowest BCUT2D eigenvalue weighted by Gasteiger charge is -2.20. The number of hydrogen-bond donors (Lipinski definition) is 2. The SMILES string of the molecule is Oc1cccc(CN2CCOc3c(O)cc(-c4cccc(Cl)c4)cc3C2)c1. The largest absolute Gasteiger partial charge is 0.508 e. The third-order valence-corrected chi connectivity index (χ3v) is 4.90. The van der Waals surface area contributed by atoms with E-state index in [1.54, 1.807) is 18.2 Å². The van der Waals surface area contributed by atoms with Gasteiger partial charge in [-0.1, -0.05) is 35.9 Å². The van der Waals surface area contributed by atoms with Crippen molar-refractivity contribution in [3.63, 3.8) is 0 Å². The van der Waals surface area contributed by atoms with Gasteiger partial charge in [0.05, 0.1) is 0 Å². The summed E-state index contributed by atoms with van der Waals surface area (Å²) in [6, 6.07) is 18.6. The van der Waals surface area contributed by atoms with Crippen LogP contribution in [0.5, 0.6) is 17.2 Å². The number of ether oxygens (including phenoxy) is 1. The van der Waals surface area contributed by atoms with Gasteiger partial charge in [-0.2, -0.15) is 0 Å². The summed E-state index contributed by atoms with van der Waals surface area (Å²) in [4.78, 5) is 2.24. The Hall–Kier alpha value is -2.69. The molecule has 0 bridgehead atoms. The highest BCUT2D eigenvalue weighted by atomic mass is 35.5. The first-order chi connectivity index (χ1) is 13.1. The van der Waals surface area contributed by atoms with E-state index >= 15 is 0 Å². The highest BCUT2D eigenvalue weighted by Gasteiger charge is 2.20. The monoisotopic (exact) mass is 381 g/mol. The van der Waals surface area contributed by atoms with Gasteiger partial charge in [0, 0.05) is 30.2 Å². The van der Waals surface area contributed by atoms with Crippen molar-refractivity contribution in [3.05, 3.63) is 76.8 Å². The third-order valence-electron chi connectivity index (χ3n) is 4.67. The summed E-state index contributed by atoms with van der Waals surface area (Å²) in [5, 5.41) is 20.8. The maximum Gasteiger partial charge on any atom is 0.165 e. The summed E-state index contributed by atoms with van der Waals surface area (Å²) in [5.41, 5.74) is 3.82. The normalized spacial score (nSPS) is 14.3. The molecule has 0 amide bonds. The van der Waals surface area contributed by atoms with Gasteiger partial charge >= 0.3 is 0 Å². The minimum absolute atomic E-state index is 0.140. The lowest BCUT2D eigenvalue weighted by atomic mass is 10.0. The summed E-state index contributed by atoms with van der Waals surface area (Å²) in [5.74, 6) is 0.945. The van der Waals surface area contributed by atoms with Crippen LogP contribution in [0.1, 0.15) is 11.1 Å². The number of phenolic OH excluding ortho intramolecular Hbond substituents is 2. The molecule has 1 heterocycles. The van der Waals surface area contributed by atoms with Gasteiger partial charge in [-0.15, -0.1) is 0 Å². The fraction of sp³-hybridized carbons (Fsp3) is 0.182. The van der Waals surface area contributed by atoms with Gasteiger partial charge in [-0.25, -0.2) is 0 Å². The second kappa shape index (κ2) is 7.51. The molecule has 0 spiro atoms. The highest BCUT2D eigenvalue weighted by Crippen LogP contribution is 2.38. The number of phenols is 2. The van der Waals surface area contributed by atoms with Gasteiger partial charge in [-0.05, 0) is 53.1 Å². The van der Waals surface area contributed by atoms with Crippen molar-refractivity contribution in [1.82, 2.24) is 4.90 Å². The first-order valence-electron chi connectivity index (χ1n) is 8.83. The number of hydrogen-bond acceptors (Lipinski definition) is 4. The Morgan fingerprint density at radius 2 is 1.81 bits per heavy atom. The van der Waals surface area contributed by atoms with E-state index in [2.05, 4.69) is 4.90 Å². The first-order valence-corrected chi connectivity index (χ1v) is 9.21. The van der Waals surface area contributed by atoms with Crippen LogP contribution in [-0.4, -0.2) is 28.3 Å². The summed E-state index contributed by atoms with van der Waals surface area (Å²) < 4.78 is 5.82. The molecular formula is C22H20ClNO3. The molecule has 0 aromatic heterocycles. The molecule has 0 unspecified atom stereocenters. The van der Waals surface area contributed by atoms with Crippen LogP contribution < -0.4 is 4.74 Å². The zero-order valence-electron chi connectivity index (χ0n) is 14.7. The van der Waals surface area contributed by atoms with Crippen molar-refractivity contribution in [2.45, 2.75) is 13.1 Å². The first kappa shape index (κ1) is 17.7. The van der Waals surface area contributed by atoms with E-state index in [0.29, 0.717) is 30.5 Å². The Morgan fingerprint density at radius 1 is 0.963 bits per heavy atom. The molecule has 4 rings (SSSR count). The number of aromatic hydroxyl groups is 2. The summed E-state index contributed by atoms with van der Waals surface area (Å²) in [6.45, 7) is 2.57. The quantitative estimate of drug-likeness (QED) is 0.683. The van der Waals surface area contributed by atoms with E-state index in [0.717, 1.165) is 28.8 Å². The van der Waals surface area contributed by atoms with Gasteiger partial charge < -0.3 is 14.9 Å². The Labute approximate surface area is 163 Å². The molecule has 1 aliphatic heterocycles. The molecule has 1 aliphatic rings. The zero-order chi connectivity index (χ0) is 18.8. The topological polar surface area (TPSA) is 52.9 Å². The minimum Gasteiger partial charge on any atom is -0.508 e. The van der Waals surface area contributed by atoms with E-state index in [-0.39, 0.29) is 11.5 Å². The van der Waals surface area contributed by atoms with Crippen molar-refractivity contribution < 1.29 is 14.9 Å². The zero-order valence-corrected chi connectivity index (χ0v) is 15.5. The van der Waals surface area contributed by atoms with Crippen LogP contribution in [0.15, 0.2) is 60.7 Å². The molecule has 0 saturated carbocycles. The van der Waals surface area contributed by atoms with E-state index in [4.69, 9.17) is 16.3 Å². The second-order valence-corrected chi connectivity index (χ2v) is 7.16. The fourth-order valence-corrected chi connectivity index (χ4v) is 3.63. The molecule has 3 aromatic carbocycles. The Balaban J connectivity index is 1.64. The van der Waals surface area contributed by atoms with E-state index in [1.807, 2.05) is 42.5 Å². The molecule has 5 heteroatoms. The standard InChI is InChI=1S/C22H20ClNO3/c23-19-5-2-4-16(11-19)17-10-18-14-24(7-8-27-22(18)21(26)12-17)13-15-3-1-6-20(25)9-15/h1-6,9-12,25-26H,7-8,13-14H2. The van der Waals surface area contributed by atoms with Gasteiger partial charge in [-0.3, -0.25) is 4.90 Å². The maximum atomic E-state index is 10.5. The van der Waals surface area contributed by atoms with Crippen molar-refractivity contribution in [2.75, 3.05) is 13.2 Å². The number of rotatable bonds is 3. The van der Waals surface area contributed by atoms with Crippen molar-refractivity contribution in [2.24, 2.45) is 0 Å². The van der Waals surface area contributed by atoms with Gasteiger partial charge in [0.1, 0.15) is 12.4 Å². The number of nitrogens with zero attached hydrogens (tertiary/aromatic N) is 1. The van der Waals surface area contributed by atoms with Gasteiger partial charge in [0.25, 0.3) is 0 Å². The van der Waals surface area contributed by atoms with Crippen LogP contribution in [0.4, 0.5) is 0 Å². The fourth-order valence-electron chi connectivity index (χ4n) is 3.44. The predicted octanol–water partition coefficient (Wildman–Crippen LogP) is 4.81. The summed E-state index contributed by atoms with van der Waals surface area (Å²) >= 11 is 6.11. The van der Waals surface area contributed by atoms with Crippen LogP contribution in [0, 0.1) is 0 Å². The molecule has 0 atom stereocenters. The van der Waals surface area contributed by atoms with Crippen molar-refractivity contribution in [1.29, 1.82) is 0 Å². The molecule has 0 aliphatic carbocycles. The lowest BCUT2D eigenvalue weighted by Crippen LogP contribution is -2.25. The van der Waals surface area contributed by atoms with E-state index < -0.39 is 0 Å². The molecule has 2 N–H and O–H groups in total. The number of benzene rings is 3. The molecular weight excluding hydrogens is 362 g/mol. The average molecular weight is 382 g/mol. The third kappa shape index (κ3) is 4.02. The van der Waals surface area contributed by atoms with E-state index in [9.17, 15) is 10.2 Å². The molecule has 27 heavy (non-hydrogen) atoms. The minimum atomic E-state index is 0.140. The molecule has 0 radical (unpaired) electrons. The van der Waals surface area contributed by atoms with Crippen molar-refractivity contribution >= 4 is 11.6 Å². The summed E-state index contributed by atoms with van der Waals surface area (Å²) in [6.07, 6.45) is 0. The molecule has 3 aromatic rings. The Morgan fingerprint density at radius 3 is 2.63 bits per heavy atom. The van der Waals surface area contributed by atoms with Crippen LogP contribution in [0.2, 0.25) is 5.02 Å². The number of fused-ring (bicyclic) bond motifs is 1. The Kier molecular flexibility index (Phi) is 4.92. The van der Waals surface area contributed by atoms with Gasteiger partial charge in [0.15, 0.2) is 11.5 Å². The van der Waals surface area contributed by atoms with Gasteiger partial charge in [0.2, 0.25) is 0 Å². The van der Waals surface area contributed by atoms with Crippen LogP contribution in [0.25, 0.3) is 11.1 Å². The molecule has 138 valence electrons. The smallest absolute Gasteiger partial charge is 0.165 e. The van der Waals surface area contributed by atoms with E-state index in [1.165, 1.54) is 0 Å². The van der Waals surface area contributed by atoms with Crippen LogP contribution in [-0.2, 0) is 13.1 Å². The summed E-state index contributed by atoms with van der Waals surface area (Å²) in [7, 11) is 0. The predicted molar refractivity (Wildman–Crippen MR) is 106 cm³/mol. The highest BCUT2D eigenvalue weighted by molar-refractivity contribution is 6.30. The molecule has 4 nitrogen and oxygen atoms in total. The Bertz CT molecular complexity index is 974.